The molecule has 1 heterocycles. The molecule has 0 aliphatic heterocycles. The van der Waals surface area contributed by atoms with Crippen LogP contribution < -0.4 is 5.32 Å². The topological polar surface area (TPSA) is 93.3 Å². The molecule has 0 aromatic carbocycles. The predicted molar refractivity (Wildman–Crippen MR) is 94.1 cm³/mol. The molecule has 1 aromatic rings. The minimum absolute atomic E-state index is 0.0296. The average Bonchev–Trinajstić information content (AvgIpc) is 2.88. The van der Waals surface area contributed by atoms with Crippen molar-refractivity contribution in [2.75, 3.05) is 26.9 Å². The van der Waals surface area contributed by atoms with Crippen molar-refractivity contribution in [1.82, 2.24) is 9.88 Å². The maximum atomic E-state index is 12.0. The lowest BCUT2D eigenvalue weighted by atomic mass is 10.1. The first-order chi connectivity index (χ1) is 13.0. The van der Waals surface area contributed by atoms with Crippen LogP contribution in [-0.4, -0.2) is 49.5 Å². The maximum Gasteiger partial charge on any atom is 0.405 e. The number of rotatable bonds is 8. The molecular weight excluding hydrogens is 379 g/mol. The number of nitriles is 1. The molecule has 1 N–H and O–H groups in total. The lowest BCUT2D eigenvalue weighted by molar-refractivity contribution is -0.148. The van der Waals surface area contributed by atoms with E-state index in [-0.39, 0.29) is 11.6 Å². The molecule has 0 saturated heterocycles. The van der Waals surface area contributed by atoms with E-state index >= 15 is 0 Å². The number of nitrogens with zero attached hydrogens (tertiary/aromatic N) is 2. The van der Waals surface area contributed by atoms with Crippen molar-refractivity contribution >= 4 is 18.0 Å². The zero-order chi connectivity index (χ0) is 21.5. The molecule has 7 nitrogen and oxygen atoms in total. The van der Waals surface area contributed by atoms with Crippen molar-refractivity contribution in [2.24, 2.45) is 0 Å². The van der Waals surface area contributed by atoms with Crippen molar-refractivity contribution in [3.8, 4) is 6.07 Å². The number of hydrogen-bond acceptors (Lipinski definition) is 5. The fourth-order valence-corrected chi connectivity index (χ4v) is 2.69. The van der Waals surface area contributed by atoms with Crippen LogP contribution >= 0.6 is 0 Å². The number of hydrogen-bond donors (Lipinski definition) is 1. The molecule has 154 valence electrons. The summed E-state index contributed by atoms with van der Waals surface area (Å²) in [7, 11) is 1.58. The molecule has 1 aromatic heterocycles. The molecule has 10 heteroatoms. The van der Waals surface area contributed by atoms with Crippen molar-refractivity contribution < 1.29 is 32.2 Å². The highest BCUT2D eigenvalue weighted by molar-refractivity contribution is 5.99. The van der Waals surface area contributed by atoms with Gasteiger partial charge in [0.05, 0.1) is 12.6 Å². The first-order valence-electron chi connectivity index (χ1n) is 8.29. The highest BCUT2D eigenvalue weighted by Crippen LogP contribution is 2.23. The van der Waals surface area contributed by atoms with Crippen LogP contribution in [0.3, 0.4) is 0 Å². The third-order valence-corrected chi connectivity index (χ3v) is 3.83. The Morgan fingerprint density at radius 2 is 2.04 bits per heavy atom. The van der Waals surface area contributed by atoms with Crippen molar-refractivity contribution in [3.05, 3.63) is 28.6 Å². The maximum absolute atomic E-state index is 12.0. The van der Waals surface area contributed by atoms with Gasteiger partial charge >= 0.3 is 12.1 Å². The monoisotopic (exact) mass is 401 g/mol. The molecule has 0 radical (unpaired) electrons. The summed E-state index contributed by atoms with van der Waals surface area (Å²) in [6.07, 6.45) is -3.26. The summed E-state index contributed by atoms with van der Waals surface area (Å²) in [6, 6.07) is 3.49. The van der Waals surface area contributed by atoms with Gasteiger partial charge in [-0.3, -0.25) is 4.79 Å². The molecule has 0 saturated carbocycles. The molecule has 1 atom stereocenters. The number of aryl methyl sites for hydroxylation is 1. The fourth-order valence-electron chi connectivity index (χ4n) is 2.69. The van der Waals surface area contributed by atoms with Gasteiger partial charge in [0.2, 0.25) is 0 Å². The molecule has 0 unspecified atom stereocenters. The number of esters is 1. The van der Waals surface area contributed by atoms with Crippen LogP contribution in [0.1, 0.15) is 29.9 Å². The number of alkyl halides is 3. The van der Waals surface area contributed by atoms with E-state index in [1.807, 2.05) is 25.3 Å². The highest BCUT2D eigenvalue weighted by atomic mass is 19.4. The summed E-state index contributed by atoms with van der Waals surface area (Å²) in [5, 5.41) is 10.8. The molecule has 28 heavy (non-hydrogen) atoms. The third kappa shape index (κ3) is 6.74. The van der Waals surface area contributed by atoms with E-state index in [9.17, 15) is 28.0 Å². The summed E-state index contributed by atoms with van der Waals surface area (Å²) in [5.74, 6) is -2.21. The Morgan fingerprint density at radius 1 is 1.39 bits per heavy atom. The Hall–Kier alpha value is -2.80. The molecular formula is C18H22F3N3O4. The van der Waals surface area contributed by atoms with E-state index in [0.29, 0.717) is 12.2 Å². The minimum Gasteiger partial charge on any atom is -0.451 e. The normalized spacial score (nSPS) is 13.0. The van der Waals surface area contributed by atoms with E-state index in [4.69, 9.17) is 4.74 Å². The van der Waals surface area contributed by atoms with Gasteiger partial charge in [0, 0.05) is 18.5 Å². The van der Waals surface area contributed by atoms with Gasteiger partial charge in [-0.25, -0.2) is 4.79 Å². The summed E-state index contributed by atoms with van der Waals surface area (Å²) < 4.78 is 47.8. The number of methoxy groups -OCH3 is 1. The predicted octanol–water partition coefficient (Wildman–Crippen LogP) is 2.44. The number of ether oxygens (including phenoxy) is 2. The summed E-state index contributed by atoms with van der Waals surface area (Å²) in [4.78, 5) is 23.3. The molecule has 0 aliphatic carbocycles. The van der Waals surface area contributed by atoms with Crippen molar-refractivity contribution in [2.45, 2.75) is 33.0 Å². The SMILES string of the molecule is COC[C@@H](C)n1c(C)cc(/C=C(\C#N)C(=O)OCC(=O)NCC(F)(F)F)c1C. The lowest BCUT2D eigenvalue weighted by Crippen LogP contribution is -2.36. The zero-order valence-electron chi connectivity index (χ0n) is 16.0. The zero-order valence-corrected chi connectivity index (χ0v) is 16.0. The van der Waals surface area contributed by atoms with Crippen LogP contribution in [-0.2, 0) is 19.1 Å². The van der Waals surface area contributed by atoms with Crippen LogP contribution in [0.25, 0.3) is 6.08 Å². The third-order valence-electron chi connectivity index (χ3n) is 3.83. The Bertz CT molecular complexity index is 791. The second-order valence-electron chi connectivity index (χ2n) is 6.14. The van der Waals surface area contributed by atoms with E-state index in [2.05, 4.69) is 4.74 Å². The Labute approximate surface area is 160 Å². The highest BCUT2D eigenvalue weighted by Gasteiger charge is 2.28. The van der Waals surface area contributed by atoms with Gasteiger partial charge in [0.15, 0.2) is 6.61 Å². The van der Waals surface area contributed by atoms with E-state index in [1.165, 1.54) is 6.08 Å². The molecule has 0 fully saturated rings. The van der Waals surface area contributed by atoms with E-state index in [1.54, 1.807) is 24.6 Å². The number of amides is 1. The summed E-state index contributed by atoms with van der Waals surface area (Å²) in [5.41, 5.74) is 1.93. The quantitative estimate of drug-likeness (QED) is 0.410. The molecule has 0 bridgehead atoms. The average molecular weight is 401 g/mol. The standard InChI is InChI=1S/C18H22F3N3O4/c1-11-5-14(13(3)24(11)12(2)8-27-4)6-15(7-22)17(26)28-9-16(25)23-10-18(19,20)21/h5-6,12H,8-10H2,1-4H3,(H,23,25)/b15-6+/t12-/m1/s1. The van der Waals surface area contributed by atoms with Gasteiger partial charge in [-0.1, -0.05) is 0 Å². The fraction of sp³-hybridized carbons (Fsp3) is 0.500. The Balaban J connectivity index is 2.86. The van der Waals surface area contributed by atoms with Gasteiger partial charge in [0.25, 0.3) is 5.91 Å². The van der Waals surface area contributed by atoms with Crippen LogP contribution in [0.5, 0.6) is 0 Å². The Kier molecular flexibility index (Phi) is 8.25. The molecule has 0 spiro atoms. The van der Waals surface area contributed by atoms with Gasteiger partial charge in [0.1, 0.15) is 18.2 Å². The molecule has 0 aliphatic rings. The van der Waals surface area contributed by atoms with Gasteiger partial charge < -0.3 is 19.4 Å². The minimum atomic E-state index is -4.57. The number of carbonyl (C=O) groups excluding carboxylic acids is 2. The first-order valence-corrected chi connectivity index (χ1v) is 8.29. The second kappa shape index (κ2) is 9.94. The number of halogens is 3. The number of nitrogens with one attached hydrogen (secondary N) is 1. The molecule has 1 rings (SSSR count). The van der Waals surface area contributed by atoms with Crippen molar-refractivity contribution in [3.63, 3.8) is 0 Å². The van der Waals surface area contributed by atoms with Crippen LogP contribution in [0.15, 0.2) is 11.6 Å². The first kappa shape index (κ1) is 23.2. The van der Waals surface area contributed by atoms with Crippen LogP contribution in [0.4, 0.5) is 13.2 Å². The van der Waals surface area contributed by atoms with Crippen molar-refractivity contribution in [1.29, 1.82) is 5.26 Å². The van der Waals surface area contributed by atoms with Crippen LogP contribution in [0, 0.1) is 25.2 Å². The van der Waals surface area contributed by atoms with E-state index in [0.717, 1.165) is 11.4 Å². The summed E-state index contributed by atoms with van der Waals surface area (Å²) in [6.45, 7) is 3.66. The van der Waals surface area contributed by atoms with Gasteiger partial charge in [-0.05, 0) is 38.5 Å². The van der Waals surface area contributed by atoms with Gasteiger partial charge in [-0.15, -0.1) is 0 Å². The smallest absolute Gasteiger partial charge is 0.405 e. The van der Waals surface area contributed by atoms with Crippen LogP contribution in [0.2, 0.25) is 0 Å². The summed E-state index contributed by atoms with van der Waals surface area (Å²) >= 11 is 0. The van der Waals surface area contributed by atoms with E-state index < -0.39 is 31.2 Å². The largest absolute Gasteiger partial charge is 0.451 e. The second-order valence-corrected chi connectivity index (χ2v) is 6.14. The number of aromatic nitrogens is 1. The molecule has 1 amide bonds. The van der Waals surface area contributed by atoms with Gasteiger partial charge in [-0.2, -0.15) is 18.4 Å². The number of carbonyl (C=O) groups is 2. The lowest BCUT2D eigenvalue weighted by Gasteiger charge is -2.17. The Morgan fingerprint density at radius 3 is 2.57 bits per heavy atom.